The molecule has 0 atom stereocenters. The van der Waals surface area contributed by atoms with Gasteiger partial charge >= 0.3 is 6.03 Å². The Labute approximate surface area is 128 Å². The van der Waals surface area contributed by atoms with Gasteiger partial charge in [0.1, 0.15) is 5.75 Å². The van der Waals surface area contributed by atoms with E-state index in [1.165, 1.54) is 0 Å². The summed E-state index contributed by atoms with van der Waals surface area (Å²) in [6.45, 7) is 1.89. The van der Waals surface area contributed by atoms with Crippen molar-refractivity contribution in [1.29, 1.82) is 0 Å². The summed E-state index contributed by atoms with van der Waals surface area (Å²) in [6.07, 6.45) is 0. The summed E-state index contributed by atoms with van der Waals surface area (Å²) >= 11 is 6.01. The van der Waals surface area contributed by atoms with Crippen molar-refractivity contribution in [1.82, 2.24) is 0 Å². The molecule has 0 unspecified atom stereocenters. The van der Waals surface area contributed by atoms with Gasteiger partial charge in [0.15, 0.2) is 0 Å². The Kier molecular flexibility index (Phi) is 4.55. The third-order valence-electron chi connectivity index (χ3n) is 2.94. The van der Waals surface area contributed by atoms with Crippen molar-refractivity contribution in [3.05, 3.63) is 47.0 Å². The summed E-state index contributed by atoms with van der Waals surface area (Å²) < 4.78 is 5.05. The lowest BCUT2D eigenvalue weighted by Gasteiger charge is -2.11. The van der Waals surface area contributed by atoms with E-state index in [0.717, 1.165) is 5.56 Å². The van der Waals surface area contributed by atoms with Crippen LogP contribution in [-0.4, -0.2) is 13.1 Å². The van der Waals surface area contributed by atoms with E-state index in [9.17, 15) is 4.79 Å². The number of nitrogen functional groups attached to an aromatic ring is 1. The van der Waals surface area contributed by atoms with Crippen molar-refractivity contribution in [2.75, 3.05) is 23.5 Å². The van der Waals surface area contributed by atoms with Crippen LogP contribution >= 0.6 is 11.6 Å². The number of urea groups is 1. The van der Waals surface area contributed by atoms with Crippen molar-refractivity contribution in [2.24, 2.45) is 0 Å². The van der Waals surface area contributed by atoms with Gasteiger partial charge < -0.3 is 21.1 Å². The number of hydrogen-bond donors (Lipinski definition) is 3. The maximum atomic E-state index is 11.9. The van der Waals surface area contributed by atoms with E-state index in [0.29, 0.717) is 27.8 Å². The fourth-order valence-corrected chi connectivity index (χ4v) is 1.92. The van der Waals surface area contributed by atoms with Crippen LogP contribution in [0, 0.1) is 6.92 Å². The average molecular weight is 306 g/mol. The molecule has 2 amide bonds. The molecule has 2 rings (SSSR count). The normalized spacial score (nSPS) is 10.0. The number of carbonyl (C=O) groups is 1. The molecule has 0 radical (unpaired) electrons. The van der Waals surface area contributed by atoms with Crippen LogP contribution < -0.4 is 21.1 Å². The standard InChI is InChI=1S/C15H16ClN3O2/c1-9-3-4-10(7-12(9)16)18-15(20)19-14-6-5-11(21-2)8-13(14)17/h3-8H,17H2,1-2H3,(H2,18,19,20). The number of hydrogen-bond acceptors (Lipinski definition) is 3. The Balaban J connectivity index is 2.06. The smallest absolute Gasteiger partial charge is 0.323 e. The third kappa shape index (κ3) is 3.79. The Morgan fingerprint density at radius 3 is 2.57 bits per heavy atom. The number of aryl methyl sites for hydroxylation is 1. The van der Waals surface area contributed by atoms with Crippen molar-refractivity contribution in [3.63, 3.8) is 0 Å². The summed E-state index contributed by atoms with van der Waals surface area (Å²) in [5.74, 6) is 0.628. The molecule has 2 aromatic rings. The number of amides is 2. The Hall–Kier alpha value is -2.40. The van der Waals surface area contributed by atoms with E-state index in [1.807, 2.05) is 13.0 Å². The number of carbonyl (C=O) groups excluding carboxylic acids is 1. The highest BCUT2D eigenvalue weighted by Gasteiger charge is 2.07. The minimum Gasteiger partial charge on any atom is -0.497 e. The molecule has 21 heavy (non-hydrogen) atoms. The summed E-state index contributed by atoms with van der Waals surface area (Å²) in [5, 5.41) is 5.96. The van der Waals surface area contributed by atoms with E-state index in [-0.39, 0.29) is 0 Å². The molecule has 0 saturated heterocycles. The largest absolute Gasteiger partial charge is 0.497 e. The molecule has 110 valence electrons. The van der Waals surface area contributed by atoms with Gasteiger partial charge in [0.25, 0.3) is 0 Å². The quantitative estimate of drug-likeness (QED) is 0.753. The second-order valence-corrected chi connectivity index (χ2v) is 4.90. The second-order valence-electron chi connectivity index (χ2n) is 4.50. The number of ether oxygens (including phenoxy) is 1. The van der Waals surface area contributed by atoms with E-state index >= 15 is 0 Å². The molecule has 0 aliphatic carbocycles. The molecule has 0 aliphatic heterocycles. The van der Waals surface area contributed by atoms with Gasteiger partial charge in [-0.3, -0.25) is 0 Å². The maximum Gasteiger partial charge on any atom is 0.323 e. The Morgan fingerprint density at radius 1 is 1.19 bits per heavy atom. The van der Waals surface area contributed by atoms with Crippen molar-refractivity contribution >= 4 is 34.7 Å². The van der Waals surface area contributed by atoms with Crippen molar-refractivity contribution < 1.29 is 9.53 Å². The Morgan fingerprint density at radius 2 is 1.95 bits per heavy atom. The lowest BCUT2D eigenvalue weighted by molar-refractivity contribution is 0.262. The summed E-state index contributed by atoms with van der Waals surface area (Å²) in [5.41, 5.74) is 8.32. The molecule has 0 aromatic heterocycles. The zero-order valence-corrected chi connectivity index (χ0v) is 12.5. The first-order chi connectivity index (χ1) is 9.99. The zero-order chi connectivity index (χ0) is 15.4. The highest BCUT2D eigenvalue weighted by molar-refractivity contribution is 6.31. The molecule has 4 N–H and O–H groups in total. The van der Waals surface area contributed by atoms with E-state index in [2.05, 4.69) is 10.6 Å². The molecule has 2 aromatic carbocycles. The minimum absolute atomic E-state index is 0.396. The predicted octanol–water partition coefficient (Wildman–Crippen LogP) is 3.88. The van der Waals surface area contributed by atoms with E-state index in [4.69, 9.17) is 22.1 Å². The number of halogens is 1. The molecule has 5 nitrogen and oxygen atoms in total. The highest BCUT2D eigenvalue weighted by Crippen LogP contribution is 2.24. The van der Waals surface area contributed by atoms with E-state index in [1.54, 1.807) is 37.4 Å². The summed E-state index contributed by atoms with van der Waals surface area (Å²) in [6, 6.07) is 9.93. The van der Waals surface area contributed by atoms with Gasteiger partial charge in [-0.25, -0.2) is 4.79 Å². The summed E-state index contributed by atoms with van der Waals surface area (Å²) in [7, 11) is 1.55. The second kappa shape index (κ2) is 6.37. The first-order valence-electron chi connectivity index (χ1n) is 6.27. The third-order valence-corrected chi connectivity index (χ3v) is 3.34. The molecule has 0 fully saturated rings. The molecule has 0 saturated carbocycles. The molecule has 0 spiro atoms. The number of anilines is 3. The first-order valence-corrected chi connectivity index (χ1v) is 6.65. The minimum atomic E-state index is -0.396. The monoisotopic (exact) mass is 305 g/mol. The first kappa shape index (κ1) is 15.0. The van der Waals surface area contributed by atoms with Gasteiger partial charge in [-0.2, -0.15) is 0 Å². The van der Waals surface area contributed by atoms with Crippen LogP contribution in [0.15, 0.2) is 36.4 Å². The van der Waals surface area contributed by atoms with Crippen molar-refractivity contribution in [3.8, 4) is 5.75 Å². The van der Waals surface area contributed by atoms with Gasteiger partial charge in [-0.15, -0.1) is 0 Å². The van der Waals surface area contributed by atoms with Crippen LogP contribution in [0.25, 0.3) is 0 Å². The molecule has 0 aliphatic rings. The molecule has 6 heteroatoms. The van der Waals surface area contributed by atoms with Crippen LogP contribution in [0.3, 0.4) is 0 Å². The fourth-order valence-electron chi connectivity index (χ4n) is 1.74. The van der Waals surface area contributed by atoms with Gasteiger partial charge in [-0.1, -0.05) is 17.7 Å². The maximum absolute atomic E-state index is 11.9. The molecule has 0 heterocycles. The predicted molar refractivity (Wildman–Crippen MR) is 86.2 cm³/mol. The Bertz CT molecular complexity index is 674. The lowest BCUT2D eigenvalue weighted by atomic mass is 10.2. The fraction of sp³-hybridized carbons (Fsp3) is 0.133. The van der Waals surface area contributed by atoms with Crippen molar-refractivity contribution in [2.45, 2.75) is 6.92 Å². The van der Waals surface area contributed by atoms with Crippen LogP contribution in [0.2, 0.25) is 5.02 Å². The van der Waals surface area contributed by atoms with Crippen LogP contribution in [0.5, 0.6) is 5.75 Å². The molecular weight excluding hydrogens is 290 g/mol. The molecular formula is C15H16ClN3O2. The van der Waals surface area contributed by atoms with Crippen LogP contribution in [0.4, 0.5) is 21.9 Å². The zero-order valence-electron chi connectivity index (χ0n) is 11.7. The van der Waals surface area contributed by atoms with Gasteiger partial charge in [0.2, 0.25) is 0 Å². The van der Waals surface area contributed by atoms with Gasteiger partial charge in [0, 0.05) is 16.8 Å². The lowest BCUT2D eigenvalue weighted by Crippen LogP contribution is -2.20. The number of nitrogens with two attached hydrogens (primary N) is 1. The summed E-state index contributed by atoms with van der Waals surface area (Å²) in [4.78, 5) is 11.9. The number of nitrogens with one attached hydrogen (secondary N) is 2. The average Bonchev–Trinajstić information content (AvgIpc) is 2.45. The number of methoxy groups -OCH3 is 1. The SMILES string of the molecule is COc1ccc(NC(=O)Nc2ccc(C)c(Cl)c2)c(N)c1. The van der Waals surface area contributed by atoms with Crippen LogP contribution in [0.1, 0.15) is 5.56 Å². The van der Waals surface area contributed by atoms with Gasteiger partial charge in [0.05, 0.1) is 18.5 Å². The number of rotatable bonds is 3. The number of benzene rings is 2. The topological polar surface area (TPSA) is 76.4 Å². The highest BCUT2D eigenvalue weighted by atomic mass is 35.5. The van der Waals surface area contributed by atoms with Gasteiger partial charge in [-0.05, 0) is 36.8 Å². The van der Waals surface area contributed by atoms with E-state index < -0.39 is 6.03 Å². The molecule has 0 bridgehead atoms. The van der Waals surface area contributed by atoms with Crippen LogP contribution in [-0.2, 0) is 0 Å².